The van der Waals surface area contributed by atoms with Gasteiger partial charge in [0.15, 0.2) is 0 Å². The first-order valence-corrected chi connectivity index (χ1v) is 5.62. The molecular weight excluding hydrogens is 170 g/mol. The summed E-state index contributed by atoms with van der Waals surface area (Å²) < 4.78 is 0. The summed E-state index contributed by atoms with van der Waals surface area (Å²) in [6.45, 7) is 8.88. The van der Waals surface area contributed by atoms with Crippen molar-refractivity contribution in [3.63, 3.8) is 0 Å². The fourth-order valence-corrected chi connectivity index (χ4v) is 1.96. The fraction of sp³-hybridized carbons (Fsp3) is 0.615. The number of aryl methyl sites for hydroxylation is 1. The Morgan fingerprint density at radius 2 is 1.93 bits per heavy atom. The van der Waals surface area contributed by atoms with Crippen LogP contribution in [0.15, 0.2) is 18.2 Å². The lowest BCUT2D eigenvalue weighted by molar-refractivity contribution is 0.426. The van der Waals surface area contributed by atoms with Crippen molar-refractivity contribution in [2.45, 2.75) is 46.5 Å². The van der Waals surface area contributed by atoms with Crippen LogP contribution in [0, 0.1) is 12.8 Å². The Morgan fingerprint density at radius 1 is 1.21 bits per heavy atom. The van der Waals surface area contributed by atoms with Gasteiger partial charge in [-0.3, -0.25) is 4.98 Å². The van der Waals surface area contributed by atoms with E-state index in [1.54, 1.807) is 0 Å². The molecule has 1 rings (SSSR count). The number of hydrogen-bond acceptors (Lipinski definition) is 1. The van der Waals surface area contributed by atoms with Gasteiger partial charge in [0.1, 0.15) is 0 Å². The summed E-state index contributed by atoms with van der Waals surface area (Å²) in [4.78, 5) is 4.61. The summed E-state index contributed by atoms with van der Waals surface area (Å²) in [6.07, 6.45) is 2.42. The van der Waals surface area contributed by atoms with Gasteiger partial charge in [0.2, 0.25) is 0 Å². The van der Waals surface area contributed by atoms with Crippen molar-refractivity contribution in [3.8, 4) is 0 Å². The highest BCUT2D eigenvalue weighted by atomic mass is 14.7. The number of hydrogen-bond donors (Lipinski definition) is 0. The fourth-order valence-electron chi connectivity index (χ4n) is 1.96. The van der Waals surface area contributed by atoms with Gasteiger partial charge in [0.05, 0.1) is 0 Å². The van der Waals surface area contributed by atoms with Gasteiger partial charge in [0, 0.05) is 17.3 Å². The number of rotatable bonds is 4. The van der Waals surface area contributed by atoms with Crippen LogP contribution < -0.4 is 0 Å². The van der Waals surface area contributed by atoms with E-state index in [4.69, 9.17) is 0 Å². The zero-order valence-electron chi connectivity index (χ0n) is 9.75. The molecule has 1 nitrogen and oxygen atoms in total. The van der Waals surface area contributed by atoms with Crippen LogP contribution in [-0.4, -0.2) is 4.98 Å². The first-order valence-electron chi connectivity index (χ1n) is 5.62. The highest BCUT2D eigenvalue weighted by Gasteiger charge is 2.16. The van der Waals surface area contributed by atoms with Crippen molar-refractivity contribution in [2.75, 3.05) is 0 Å². The van der Waals surface area contributed by atoms with Crippen molar-refractivity contribution in [2.24, 2.45) is 5.92 Å². The van der Waals surface area contributed by atoms with Crippen LogP contribution in [0.2, 0.25) is 0 Å². The molecule has 0 bridgehead atoms. The Kier molecular flexibility index (Phi) is 4.12. The minimum atomic E-state index is 0.625. The molecular formula is C13H21N. The van der Waals surface area contributed by atoms with Gasteiger partial charge in [0.25, 0.3) is 0 Å². The molecule has 0 fully saturated rings. The standard InChI is InChI=1S/C13H21N/c1-5-10(3)12(6-2)13-9-7-8-11(4)14-13/h7-10,12H,5-6H2,1-4H3/t10-,12-/m1/s1. The van der Waals surface area contributed by atoms with Crippen molar-refractivity contribution in [1.29, 1.82) is 0 Å². The molecule has 1 heteroatoms. The van der Waals surface area contributed by atoms with Gasteiger partial charge >= 0.3 is 0 Å². The summed E-state index contributed by atoms with van der Waals surface area (Å²) in [7, 11) is 0. The summed E-state index contributed by atoms with van der Waals surface area (Å²) in [5, 5.41) is 0. The van der Waals surface area contributed by atoms with Crippen LogP contribution >= 0.6 is 0 Å². The Balaban J connectivity index is 2.89. The third kappa shape index (κ3) is 2.57. The molecule has 0 aromatic carbocycles. The lowest BCUT2D eigenvalue weighted by atomic mass is 9.86. The Hall–Kier alpha value is -0.850. The zero-order valence-corrected chi connectivity index (χ0v) is 9.75. The molecule has 0 N–H and O–H groups in total. The number of pyridine rings is 1. The molecule has 0 radical (unpaired) electrons. The molecule has 2 atom stereocenters. The number of nitrogens with zero attached hydrogens (tertiary/aromatic N) is 1. The summed E-state index contributed by atoms with van der Waals surface area (Å²) in [5.41, 5.74) is 2.39. The van der Waals surface area contributed by atoms with E-state index >= 15 is 0 Å². The lowest BCUT2D eigenvalue weighted by Crippen LogP contribution is -2.10. The maximum atomic E-state index is 4.61. The molecule has 0 saturated heterocycles. The van der Waals surface area contributed by atoms with Crippen LogP contribution in [0.1, 0.15) is 50.9 Å². The zero-order chi connectivity index (χ0) is 10.6. The first kappa shape index (κ1) is 11.2. The van der Waals surface area contributed by atoms with Crippen molar-refractivity contribution in [3.05, 3.63) is 29.6 Å². The van der Waals surface area contributed by atoms with Gasteiger partial charge in [-0.2, -0.15) is 0 Å². The van der Waals surface area contributed by atoms with Crippen LogP contribution in [0.5, 0.6) is 0 Å². The monoisotopic (exact) mass is 191 g/mol. The van der Waals surface area contributed by atoms with Gasteiger partial charge in [-0.1, -0.05) is 33.3 Å². The van der Waals surface area contributed by atoms with Crippen LogP contribution in [0.25, 0.3) is 0 Å². The molecule has 0 aliphatic carbocycles. The molecule has 0 aliphatic heterocycles. The minimum absolute atomic E-state index is 0.625. The molecule has 78 valence electrons. The van der Waals surface area contributed by atoms with E-state index in [1.165, 1.54) is 18.5 Å². The van der Waals surface area contributed by atoms with E-state index in [2.05, 4.69) is 50.9 Å². The van der Waals surface area contributed by atoms with E-state index < -0.39 is 0 Å². The normalized spacial score (nSPS) is 15.1. The van der Waals surface area contributed by atoms with E-state index in [-0.39, 0.29) is 0 Å². The Bertz CT molecular complexity index is 280. The quantitative estimate of drug-likeness (QED) is 0.702. The maximum absolute atomic E-state index is 4.61. The van der Waals surface area contributed by atoms with Crippen molar-refractivity contribution < 1.29 is 0 Å². The third-order valence-electron chi connectivity index (χ3n) is 3.06. The summed E-state index contributed by atoms with van der Waals surface area (Å²) >= 11 is 0. The average molecular weight is 191 g/mol. The highest BCUT2D eigenvalue weighted by molar-refractivity contribution is 5.14. The van der Waals surface area contributed by atoms with Crippen molar-refractivity contribution >= 4 is 0 Å². The van der Waals surface area contributed by atoms with E-state index in [1.807, 2.05) is 0 Å². The third-order valence-corrected chi connectivity index (χ3v) is 3.06. The largest absolute Gasteiger partial charge is 0.258 e. The second-order valence-corrected chi connectivity index (χ2v) is 4.10. The van der Waals surface area contributed by atoms with Crippen molar-refractivity contribution in [1.82, 2.24) is 4.98 Å². The van der Waals surface area contributed by atoms with Crippen LogP contribution in [0.3, 0.4) is 0 Å². The predicted molar refractivity (Wildman–Crippen MR) is 61.5 cm³/mol. The van der Waals surface area contributed by atoms with Gasteiger partial charge in [-0.25, -0.2) is 0 Å². The predicted octanol–water partition coefficient (Wildman–Crippen LogP) is 3.93. The molecule has 1 aromatic heterocycles. The highest BCUT2D eigenvalue weighted by Crippen LogP contribution is 2.28. The summed E-state index contributed by atoms with van der Waals surface area (Å²) in [6, 6.07) is 6.34. The van der Waals surface area contributed by atoms with Crippen LogP contribution in [0.4, 0.5) is 0 Å². The molecule has 0 aliphatic rings. The Labute approximate surface area is 87.6 Å². The molecule has 0 amide bonds. The number of aromatic nitrogens is 1. The topological polar surface area (TPSA) is 12.9 Å². The molecule has 1 heterocycles. The second kappa shape index (κ2) is 5.14. The van der Waals surface area contributed by atoms with E-state index in [0.29, 0.717) is 5.92 Å². The molecule has 0 saturated carbocycles. The molecule has 14 heavy (non-hydrogen) atoms. The van der Waals surface area contributed by atoms with Gasteiger partial charge in [-0.15, -0.1) is 0 Å². The second-order valence-electron chi connectivity index (χ2n) is 4.10. The van der Waals surface area contributed by atoms with Crippen LogP contribution in [-0.2, 0) is 0 Å². The SMILES string of the molecule is CC[C@@H](C)[C@@H](CC)c1cccc(C)n1. The molecule has 0 unspecified atom stereocenters. The smallest absolute Gasteiger partial charge is 0.0440 e. The van der Waals surface area contributed by atoms with E-state index in [0.717, 1.165) is 11.6 Å². The molecule has 0 spiro atoms. The van der Waals surface area contributed by atoms with Gasteiger partial charge in [-0.05, 0) is 31.4 Å². The average Bonchev–Trinajstić information content (AvgIpc) is 2.19. The molecule has 1 aromatic rings. The van der Waals surface area contributed by atoms with Gasteiger partial charge < -0.3 is 0 Å². The maximum Gasteiger partial charge on any atom is 0.0440 e. The summed E-state index contributed by atoms with van der Waals surface area (Å²) in [5.74, 6) is 1.36. The lowest BCUT2D eigenvalue weighted by Gasteiger charge is -2.21. The minimum Gasteiger partial charge on any atom is -0.258 e. The van der Waals surface area contributed by atoms with E-state index in [9.17, 15) is 0 Å². The first-order chi connectivity index (χ1) is 6.69. The Morgan fingerprint density at radius 3 is 2.43 bits per heavy atom.